The lowest BCUT2D eigenvalue weighted by Gasteiger charge is -2.43. The first-order chi connectivity index (χ1) is 9.88. The van der Waals surface area contributed by atoms with Crippen molar-refractivity contribution >= 4 is 31.8 Å². The molecule has 23 heavy (non-hydrogen) atoms. The van der Waals surface area contributed by atoms with E-state index in [1.165, 1.54) is 0 Å². The van der Waals surface area contributed by atoms with Crippen LogP contribution >= 0.6 is 23.8 Å². The van der Waals surface area contributed by atoms with E-state index < -0.39 is 8.07 Å². The molecule has 3 atom stereocenters. The van der Waals surface area contributed by atoms with Crippen LogP contribution in [0.15, 0.2) is 0 Å². The Morgan fingerprint density at radius 3 is 0.826 bits per heavy atom. The summed E-state index contributed by atoms with van der Waals surface area (Å²) >= 11 is 0. The minimum Gasteiger partial charge on any atom is -0.107 e. The summed E-state index contributed by atoms with van der Waals surface area (Å²) in [5.74, 6) is 4.74. The van der Waals surface area contributed by atoms with Gasteiger partial charge in [0.15, 0.2) is 0 Å². The molecule has 0 bridgehead atoms. The predicted octanol–water partition coefficient (Wildman–Crippen LogP) is 7.41. The van der Waals surface area contributed by atoms with E-state index in [0.717, 1.165) is 0 Å². The molecule has 0 aliphatic rings. The molecule has 0 rings (SSSR count). The molecular formula is C19H45P3Si. The molecule has 0 aliphatic carbocycles. The van der Waals surface area contributed by atoms with Gasteiger partial charge >= 0.3 is 0 Å². The zero-order chi connectivity index (χ0) is 18.9. The van der Waals surface area contributed by atoms with Crippen molar-refractivity contribution in [1.82, 2.24) is 0 Å². The molecule has 0 radical (unpaired) electrons. The molecule has 0 saturated carbocycles. The van der Waals surface area contributed by atoms with E-state index in [1.54, 1.807) is 17.4 Å². The van der Waals surface area contributed by atoms with Crippen LogP contribution in [0.3, 0.4) is 0 Å². The second-order valence-corrected chi connectivity index (χ2v) is 26.5. The van der Waals surface area contributed by atoms with Gasteiger partial charge in [0.05, 0.1) is 8.07 Å². The molecule has 0 N–H and O–H groups in total. The Bertz CT molecular complexity index is 305. The van der Waals surface area contributed by atoms with Gasteiger partial charge in [-0.25, -0.2) is 0 Å². The first-order valence-electron chi connectivity index (χ1n) is 9.02. The maximum atomic E-state index is 2.76. The summed E-state index contributed by atoms with van der Waals surface area (Å²) < 4.78 is 0. The number of hydrogen-bond acceptors (Lipinski definition) is 0. The third kappa shape index (κ3) is 9.13. The average Bonchev–Trinajstić information content (AvgIpc) is 2.23. The smallest absolute Gasteiger partial charge is 0.0633 e. The van der Waals surface area contributed by atoms with Gasteiger partial charge in [0.25, 0.3) is 0 Å². The molecule has 0 fully saturated rings. The molecule has 0 aromatic carbocycles. The van der Waals surface area contributed by atoms with Gasteiger partial charge in [-0.1, -0.05) is 68.9 Å². The second-order valence-electron chi connectivity index (χ2n) is 10.9. The highest BCUT2D eigenvalue weighted by Gasteiger charge is 2.39. The van der Waals surface area contributed by atoms with Crippen LogP contribution in [0.5, 0.6) is 0 Å². The zero-order valence-corrected chi connectivity index (χ0v) is 22.1. The third-order valence-corrected chi connectivity index (χ3v) is 27.0. The van der Waals surface area contributed by atoms with Gasteiger partial charge < -0.3 is 0 Å². The summed E-state index contributed by atoms with van der Waals surface area (Å²) in [5, 5.41) is 1.54. The molecule has 0 aliphatic heterocycles. The third-order valence-electron chi connectivity index (χ3n) is 5.29. The van der Waals surface area contributed by atoms with Crippen LogP contribution in [0.1, 0.15) is 62.3 Å². The van der Waals surface area contributed by atoms with E-state index in [4.69, 9.17) is 0 Å². The van der Waals surface area contributed by atoms with Crippen LogP contribution in [0.25, 0.3) is 0 Å². The highest BCUT2D eigenvalue weighted by Crippen LogP contribution is 2.56. The Kier molecular flexibility index (Phi) is 9.02. The number of hydrogen-bond donors (Lipinski definition) is 0. The Morgan fingerprint density at radius 1 is 0.522 bits per heavy atom. The van der Waals surface area contributed by atoms with Crippen LogP contribution in [0.4, 0.5) is 0 Å². The molecule has 0 spiro atoms. The van der Waals surface area contributed by atoms with Crippen LogP contribution < -0.4 is 0 Å². The van der Waals surface area contributed by atoms with Gasteiger partial charge in [-0.05, 0) is 52.8 Å². The molecule has 0 heterocycles. The fraction of sp³-hybridized carbons (Fsp3) is 1.00. The maximum absolute atomic E-state index is 2.76. The van der Waals surface area contributed by atoms with Crippen molar-refractivity contribution in [3.05, 3.63) is 0 Å². The second kappa shape index (κ2) is 8.46. The molecule has 0 amide bonds. The van der Waals surface area contributed by atoms with E-state index in [1.807, 2.05) is 0 Å². The molecule has 3 unspecified atom stereocenters. The van der Waals surface area contributed by atoms with E-state index in [-0.39, 0.29) is 23.8 Å². The minimum atomic E-state index is -1.18. The summed E-state index contributed by atoms with van der Waals surface area (Å²) in [5.41, 5.74) is 0. The van der Waals surface area contributed by atoms with Gasteiger partial charge in [-0.3, -0.25) is 0 Å². The molecule has 0 saturated heterocycles. The van der Waals surface area contributed by atoms with Crippen molar-refractivity contribution in [2.45, 2.75) is 84.3 Å². The summed E-state index contributed by atoms with van der Waals surface area (Å²) in [6.45, 7) is 32.6. The van der Waals surface area contributed by atoms with E-state index in [0.29, 0.717) is 15.5 Å². The lowest BCUT2D eigenvalue weighted by molar-refractivity contribution is 0.784. The van der Waals surface area contributed by atoms with Crippen LogP contribution in [0, 0.1) is 0 Å². The Labute approximate surface area is 153 Å². The highest BCUT2D eigenvalue weighted by molar-refractivity contribution is 7.68. The van der Waals surface area contributed by atoms with Crippen LogP contribution in [0.2, 0.25) is 6.55 Å². The van der Waals surface area contributed by atoms with Crippen LogP contribution in [-0.4, -0.2) is 60.9 Å². The number of rotatable bonds is 6. The molecule has 0 aromatic heterocycles. The maximum Gasteiger partial charge on any atom is 0.0633 e. The Balaban J connectivity index is 5.35. The van der Waals surface area contributed by atoms with Gasteiger partial charge in [0.2, 0.25) is 0 Å². The van der Waals surface area contributed by atoms with E-state index in [9.17, 15) is 0 Å². The molecule has 4 heteroatoms. The van der Waals surface area contributed by atoms with Crippen molar-refractivity contribution in [2.24, 2.45) is 0 Å². The van der Waals surface area contributed by atoms with E-state index in [2.05, 4.69) is 88.9 Å². The van der Waals surface area contributed by atoms with Crippen molar-refractivity contribution in [3.63, 3.8) is 0 Å². The van der Waals surface area contributed by atoms with Crippen molar-refractivity contribution in [3.8, 4) is 0 Å². The largest absolute Gasteiger partial charge is 0.107 e. The van der Waals surface area contributed by atoms with E-state index >= 15 is 0 Å². The lowest BCUT2D eigenvalue weighted by Crippen LogP contribution is -2.46. The quantitative estimate of drug-likeness (QED) is 0.325. The topological polar surface area (TPSA) is 0 Å². The van der Waals surface area contributed by atoms with Crippen molar-refractivity contribution in [2.75, 3.05) is 37.4 Å². The standard InChI is InChI=1S/C19H45P3Si/c1-17(2,3)20(10)14-23(13,15-21(11)18(4,5)6)16-22(12)19(7,8)9/h14-16H2,1-13H3. The Morgan fingerprint density at radius 2 is 0.696 bits per heavy atom. The first kappa shape index (κ1) is 24.5. The van der Waals surface area contributed by atoms with Crippen molar-refractivity contribution in [1.29, 1.82) is 0 Å². The lowest BCUT2D eigenvalue weighted by atomic mass is 10.3. The normalized spacial score (nSPS) is 20.7. The average molecular weight is 395 g/mol. The highest BCUT2D eigenvalue weighted by atomic mass is 31.1. The minimum absolute atomic E-state index is 0.140. The van der Waals surface area contributed by atoms with Crippen LogP contribution in [-0.2, 0) is 0 Å². The molecule has 0 nitrogen and oxygen atoms in total. The summed E-state index contributed by atoms with van der Waals surface area (Å²) in [6.07, 6.45) is 0. The van der Waals surface area contributed by atoms with Gasteiger partial charge in [-0.15, -0.1) is 23.8 Å². The fourth-order valence-corrected chi connectivity index (χ4v) is 25.9. The van der Waals surface area contributed by atoms with Crippen molar-refractivity contribution < 1.29 is 0 Å². The Hall–Kier alpha value is 1.51. The summed E-state index contributed by atoms with van der Waals surface area (Å²) in [4.78, 5) is 0. The molecular weight excluding hydrogens is 349 g/mol. The summed E-state index contributed by atoms with van der Waals surface area (Å²) in [6, 6.07) is 0. The molecule has 0 aromatic rings. The monoisotopic (exact) mass is 394 g/mol. The summed E-state index contributed by atoms with van der Waals surface area (Å²) in [7, 11) is -0.762. The molecule has 140 valence electrons. The predicted molar refractivity (Wildman–Crippen MR) is 124 cm³/mol. The van der Waals surface area contributed by atoms with Gasteiger partial charge in [0, 0.05) is 0 Å². The van der Waals surface area contributed by atoms with Gasteiger partial charge in [0.1, 0.15) is 0 Å². The first-order valence-corrected chi connectivity index (χ1v) is 18.1. The fourth-order valence-electron chi connectivity index (χ4n) is 2.58. The van der Waals surface area contributed by atoms with Gasteiger partial charge in [-0.2, -0.15) is 0 Å². The SMILES string of the molecule is CP(C[Si](C)(CP(C)C(C)(C)C)CP(C)C(C)(C)C)C(C)(C)C. The zero-order valence-electron chi connectivity index (χ0n) is 18.5.